The molecule has 0 aromatic heterocycles. The van der Waals surface area contributed by atoms with E-state index in [1.807, 2.05) is 44.2 Å². The molecule has 142 valence electrons. The number of hydrogen-bond donors (Lipinski definition) is 2. The summed E-state index contributed by atoms with van der Waals surface area (Å²) in [5, 5.41) is 5.28. The minimum absolute atomic E-state index is 0.0562. The average Bonchev–Trinajstić information content (AvgIpc) is 2.63. The zero-order valence-electron chi connectivity index (χ0n) is 16.0. The van der Waals surface area contributed by atoms with Crippen LogP contribution in [0.1, 0.15) is 26.3 Å². The Bertz CT molecular complexity index is 626. The molecule has 0 aliphatic heterocycles. The molecule has 2 N–H and O–H groups in total. The van der Waals surface area contributed by atoms with Gasteiger partial charge in [0.25, 0.3) is 0 Å². The first-order valence-electron chi connectivity index (χ1n) is 8.80. The van der Waals surface area contributed by atoms with Crippen molar-refractivity contribution in [1.82, 2.24) is 15.5 Å². The maximum atomic E-state index is 12.3. The summed E-state index contributed by atoms with van der Waals surface area (Å²) in [5.74, 6) is -0.213. The van der Waals surface area contributed by atoms with Gasteiger partial charge < -0.3 is 15.5 Å². The summed E-state index contributed by atoms with van der Waals surface area (Å²) in [6.07, 6.45) is 3.07. The van der Waals surface area contributed by atoms with Gasteiger partial charge >= 0.3 is 0 Å². The van der Waals surface area contributed by atoms with E-state index >= 15 is 0 Å². The first-order chi connectivity index (χ1) is 12.4. The zero-order valence-corrected chi connectivity index (χ0v) is 16.0. The Morgan fingerprint density at radius 1 is 1.19 bits per heavy atom. The van der Waals surface area contributed by atoms with Crippen LogP contribution < -0.4 is 10.6 Å². The van der Waals surface area contributed by atoms with Crippen molar-refractivity contribution in [1.29, 1.82) is 0 Å². The summed E-state index contributed by atoms with van der Waals surface area (Å²) in [6, 6.07) is 9.73. The summed E-state index contributed by atoms with van der Waals surface area (Å²) in [7, 11) is 1.68. The summed E-state index contributed by atoms with van der Waals surface area (Å²) in [6.45, 7) is 6.21. The Kier molecular flexibility index (Phi) is 9.12. The maximum absolute atomic E-state index is 12.3. The number of carbonyl (C=O) groups is 3. The minimum atomic E-state index is -0.226. The largest absolute Gasteiger partial charge is 0.352 e. The fourth-order valence-electron chi connectivity index (χ4n) is 2.61. The van der Waals surface area contributed by atoms with Crippen molar-refractivity contribution in [2.45, 2.75) is 33.2 Å². The third-order valence-corrected chi connectivity index (χ3v) is 4.18. The first-order valence-corrected chi connectivity index (χ1v) is 8.80. The molecule has 6 heteroatoms. The van der Waals surface area contributed by atoms with Crippen LogP contribution in [0.25, 0.3) is 0 Å². The molecule has 1 aromatic carbocycles. The van der Waals surface area contributed by atoms with E-state index in [4.69, 9.17) is 0 Å². The Hall–Kier alpha value is -2.63. The lowest BCUT2D eigenvalue weighted by atomic mass is 9.99. The van der Waals surface area contributed by atoms with Crippen molar-refractivity contribution < 1.29 is 14.4 Å². The second-order valence-electron chi connectivity index (χ2n) is 6.58. The van der Waals surface area contributed by atoms with Crippen LogP contribution in [0.5, 0.6) is 0 Å². The zero-order chi connectivity index (χ0) is 19.5. The Balaban J connectivity index is 2.65. The molecule has 1 atom stereocenters. The smallest absolute Gasteiger partial charge is 0.246 e. The van der Waals surface area contributed by atoms with Crippen molar-refractivity contribution >= 4 is 18.2 Å². The van der Waals surface area contributed by atoms with Crippen LogP contribution in [0.4, 0.5) is 0 Å². The van der Waals surface area contributed by atoms with E-state index in [2.05, 4.69) is 10.6 Å². The highest BCUT2D eigenvalue weighted by Crippen LogP contribution is 2.13. The lowest BCUT2D eigenvalue weighted by Crippen LogP contribution is -2.43. The molecule has 0 aliphatic carbocycles. The van der Waals surface area contributed by atoms with Crippen LogP contribution in [-0.4, -0.2) is 49.3 Å². The van der Waals surface area contributed by atoms with E-state index in [0.717, 1.165) is 6.42 Å². The van der Waals surface area contributed by atoms with Gasteiger partial charge in [0.05, 0.1) is 12.6 Å². The van der Waals surface area contributed by atoms with E-state index in [1.54, 1.807) is 24.9 Å². The van der Waals surface area contributed by atoms with Crippen molar-refractivity contribution in [3.8, 4) is 0 Å². The summed E-state index contributed by atoms with van der Waals surface area (Å²) >= 11 is 0. The SMILES string of the molecule is CC(=CC(C(C)C)N(C)C(=O)CNC=O)C(=O)NCCc1ccccc1. The predicted molar refractivity (Wildman–Crippen MR) is 102 cm³/mol. The molecule has 3 amide bonds. The fraction of sp³-hybridized carbons (Fsp3) is 0.450. The third kappa shape index (κ3) is 7.09. The molecule has 6 nitrogen and oxygen atoms in total. The van der Waals surface area contributed by atoms with Gasteiger partial charge in [-0.15, -0.1) is 0 Å². The number of likely N-dealkylation sites (N-methyl/N-ethyl adjacent to an activating group) is 1. The number of carbonyl (C=O) groups excluding carboxylic acids is 3. The molecule has 1 aromatic rings. The van der Waals surface area contributed by atoms with Crippen molar-refractivity contribution in [3.05, 3.63) is 47.5 Å². The topological polar surface area (TPSA) is 78.5 Å². The first kappa shape index (κ1) is 21.4. The van der Waals surface area contributed by atoms with Gasteiger partial charge in [-0.1, -0.05) is 50.3 Å². The quantitative estimate of drug-likeness (QED) is 0.491. The van der Waals surface area contributed by atoms with E-state index in [9.17, 15) is 14.4 Å². The average molecular weight is 359 g/mol. The Morgan fingerprint density at radius 2 is 1.85 bits per heavy atom. The van der Waals surface area contributed by atoms with Crippen LogP contribution in [-0.2, 0) is 20.8 Å². The highest BCUT2D eigenvalue weighted by atomic mass is 16.2. The second kappa shape index (κ2) is 11.1. The molecule has 0 fully saturated rings. The Morgan fingerprint density at radius 3 is 2.42 bits per heavy atom. The molecular weight excluding hydrogens is 330 g/mol. The van der Waals surface area contributed by atoms with E-state index in [-0.39, 0.29) is 30.3 Å². The number of nitrogens with one attached hydrogen (secondary N) is 2. The van der Waals surface area contributed by atoms with Gasteiger partial charge in [0.2, 0.25) is 18.2 Å². The van der Waals surface area contributed by atoms with Gasteiger partial charge in [0, 0.05) is 19.2 Å². The Labute approximate surface area is 155 Å². The highest BCUT2D eigenvalue weighted by Gasteiger charge is 2.22. The van der Waals surface area contributed by atoms with Crippen LogP contribution in [0, 0.1) is 5.92 Å². The number of benzene rings is 1. The van der Waals surface area contributed by atoms with Gasteiger partial charge in [-0.2, -0.15) is 0 Å². The van der Waals surface area contributed by atoms with E-state index in [1.165, 1.54) is 5.56 Å². The number of rotatable bonds is 10. The van der Waals surface area contributed by atoms with Crippen LogP contribution in [0.2, 0.25) is 0 Å². The monoisotopic (exact) mass is 359 g/mol. The molecule has 1 rings (SSSR count). The summed E-state index contributed by atoms with van der Waals surface area (Å²) < 4.78 is 0. The van der Waals surface area contributed by atoms with Gasteiger partial charge in [-0.05, 0) is 24.8 Å². The van der Waals surface area contributed by atoms with Gasteiger partial charge in [0.15, 0.2) is 0 Å². The highest BCUT2D eigenvalue weighted by molar-refractivity contribution is 5.93. The number of nitrogens with zero attached hydrogens (tertiary/aromatic N) is 1. The molecule has 1 unspecified atom stereocenters. The summed E-state index contributed by atoms with van der Waals surface area (Å²) in [5.41, 5.74) is 1.74. The molecule has 0 aliphatic rings. The molecule has 0 saturated carbocycles. The number of hydrogen-bond acceptors (Lipinski definition) is 3. The summed E-state index contributed by atoms with van der Waals surface area (Å²) in [4.78, 5) is 36.3. The van der Waals surface area contributed by atoms with Gasteiger partial charge in [-0.25, -0.2) is 0 Å². The van der Waals surface area contributed by atoms with Crippen LogP contribution >= 0.6 is 0 Å². The van der Waals surface area contributed by atoms with E-state index < -0.39 is 0 Å². The molecule has 0 radical (unpaired) electrons. The van der Waals surface area contributed by atoms with Gasteiger partial charge in [0.1, 0.15) is 0 Å². The molecular formula is C20H29N3O3. The standard InChI is InChI=1S/C20H29N3O3/c1-15(2)18(23(4)19(25)13-21-14-24)12-16(3)20(26)22-11-10-17-8-6-5-7-9-17/h5-9,12,14-15,18H,10-11,13H2,1-4H3,(H,21,24)(H,22,26). The molecule has 26 heavy (non-hydrogen) atoms. The van der Waals surface area contributed by atoms with Crippen LogP contribution in [0.15, 0.2) is 42.0 Å². The molecule has 0 spiro atoms. The number of amides is 3. The third-order valence-electron chi connectivity index (χ3n) is 4.18. The van der Waals surface area contributed by atoms with Crippen molar-refractivity contribution in [2.75, 3.05) is 20.1 Å². The van der Waals surface area contributed by atoms with Crippen molar-refractivity contribution in [3.63, 3.8) is 0 Å². The normalized spacial score (nSPS) is 12.4. The molecule has 0 saturated heterocycles. The van der Waals surface area contributed by atoms with E-state index in [0.29, 0.717) is 18.5 Å². The minimum Gasteiger partial charge on any atom is -0.352 e. The van der Waals surface area contributed by atoms with Crippen LogP contribution in [0.3, 0.4) is 0 Å². The lowest BCUT2D eigenvalue weighted by molar-refractivity contribution is -0.132. The fourth-order valence-corrected chi connectivity index (χ4v) is 2.61. The van der Waals surface area contributed by atoms with Gasteiger partial charge in [-0.3, -0.25) is 14.4 Å². The van der Waals surface area contributed by atoms with Crippen molar-refractivity contribution in [2.24, 2.45) is 5.92 Å². The predicted octanol–water partition coefficient (Wildman–Crippen LogP) is 1.52. The lowest BCUT2D eigenvalue weighted by Gasteiger charge is -2.29. The second-order valence-corrected chi connectivity index (χ2v) is 6.58. The molecule has 0 bridgehead atoms. The molecule has 0 heterocycles. The maximum Gasteiger partial charge on any atom is 0.246 e.